The lowest BCUT2D eigenvalue weighted by Gasteiger charge is -2.10. The van der Waals surface area contributed by atoms with E-state index >= 15 is 0 Å². The average Bonchev–Trinajstić information content (AvgIpc) is 2.58. The molecule has 1 aromatic heterocycles. The van der Waals surface area contributed by atoms with Crippen molar-refractivity contribution in [2.45, 2.75) is 40.2 Å². The summed E-state index contributed by atoms with van der Waals surface area (Å²) < 4.78 is 1.62. The largest absolute Gasteiger partial charge is 0.394 e. The van der Waals surface area contributed by atoms with Gasteiger partial charge in [-0.2, -0.15) is 5.10 Å². The highest BCUT2D eigenvalue weighted by Crippen LogP contribution is 2.17. The fourth-order valence-electron chi connectivity index (χ4n) is 1.62. The molecule has 3 N–H and O–H groups in total. The number of unbranched alkanes of at least 4 members (excludes halogenated alkanes) is 1. The van der Waals surface area contributed by atoms with Crippen LogP contribution in [0.3, 0.4) is 0 Å². The first-order chi connectivity index (χ1) is 8.60. The van der Waals surface area contributed by atoms with Gasteiger partial charge in [0, 0.05) is 12.1 Å². The maximum atomic E-state index is 11.7. The molecule has 0 aliphatic rings. The molecule has 6 heteroatoms. The summed E-state index contributed by atoms with van der Waals surface area (Å²) in [5, 5.41) is 18.8. The summed E-state index contributed by atoms with van der Waals surface area (Å²) in [5.74, 6) is 0.649. The second-order valence-corrected chi connectivity index (χ2v) is 4.24. The second kappa shape index (κ2) is 7.00. The standard InChI is InChI=1S/C12H22N4O2/c1-4-5-6-13-12(18)14-11-9(2)10(3)15-16(11)7-8-17/h17H,4-8H2,1-3H3,(H2,13,14,18). The van der Waals surface area contributed by atoms with Gasteiger partial charge in [-0.05, 0) is 20.3 Å². The van der Waals surface area contributed by atoms with Crippen molar-refractivity contribution in [3.05, 3.63) is 11.3 Å². The van der Waals surface area contributed by atoms with Crippen molar-refractivity contribution in [1.82, 2.24) is 15.1 Å². The number of aryl methyl sites for hydroxylation is 1. The van der Waals surface area contributed by atoms with Crippen LogP contribution in [-0.2, 0) is 6.54 Å². The third kappa shape index (κ3) is 3.73. The summed E-state index contributed by atoms with van der Waals surface area (Å²) in [6.07, 6.45) is 2.00. The fraction of sp³-hybridized carbons (Fsp3) is 0.667. The first kappa shape index (κ1) is 14.5. The normalized spacial score (nSPS) is 10.4. The zero-order valence-corrected chi connectivity index (χ0v) is 11.3. The lowest BCUT2D eigenvalue weighted by molar-refractivity contribution is 0.251. The van der Waals surface area contributed by atoms with E-state index in [1.807, 2.05) is 13.8 Å². The lowest BCUT2D eigenvalue weighted by Crippen LogP contribution is -2.30. The molecule has 0 aliphatic carbocycles. The highest BCUT2D eigenvalue weighted by Gasteiger charge is 2.13. The number of amides is 2. The molecule has 0 saturated heterocycles. The van der Waals surface area contributed by atoms with Gasteiger partial charge in [0.25, 0.3) is 0 Å². The minimum absolute atomic E-state index is 0.00725. The lowest BCUT2D eigenvalue weighted by atomic mass is 10.3. The van der Waals surface area contributed by atoms with Gasteiger partial charge in [-0.15, -0.1) is 0 Å². The predicted octanol–water partition coefficient (Wildman–Crippen LogP) is 1.41. The monoisotopic (exact) mass is 254 g/mol. The molecule has 0 aliphatic heterocycles. The molecular weight excluding hydrogens is 232 g/mol. The van der Waals surface area contributed by atoms with E-state index in [0.717, 1.165) is 24.1 Å². The van der Waals surface area contributed by atoms with Crippen LogP contribution >= 0.6 is 0 Å². The van der Waals surface area contributed by atoms with Crippen LogP contribution < -0.4 is 10.6 Å². The number of aromatic nitrogens is 2. The molecule has 0 radical (unpaired) electrons. The van der Waals surface area contributed by atoms with Gasteiger partial charge < -0.3 is 10.4 Å². The highest BCUT2D eigenvalue weighted by molar-refractivity contribution is 5.89. The van der Waals surface area contributed by atoms with Crippen molar-refractivity contribution in [2.24, 2.45) is 0 Å². The Labute approximate surface area is 107 Å². The van der Waals surface area contributed by atoms with Crippen molar-refractivity contribution in [2.75, 3.05) is 18.5 Å². The number of hydrogen-bond acceptors (Lipinski definition) is 3. The zero-order chi connectivity index (χ0) is 13.5. The molecule has 6 nitrogen and oxygen atoms in total. The molecule has 18 heavy (non-hydrogen) atoms. The van der Waals surface area contributed by atoms with Crippen LogP contribution in [0, 0.1) is 13.8 Å². The molecule has 0 saturated carbocycles. The quantitative estimate of drug-likeness (QED) is 0.672. The van der Waals surface area contributed by atoms with E-state index in [9.17, 15) is 4.79 Å². The molecule has 0 bridgehead atoms. The Morgan fingerprint density at radius 3 is 2.78 bits per heavy atom. The Kier molecular flexibility index (Phi) is 5.64. The van der Waals surface area contributed by atoms with Gasteiger partial charge in [-0.3, -0.25) is 5.32 Å². The molecule has 0 spiro atoms. The van der Waals surface area contributed by atoms with Crippen LogP contribution in [0.5, 0.6) is 0 Å². The van der Waals surface area contributed by atoms with Crippen LogP contribution in [0.4, 0.5) is 10.6 Å². The molecule has 1 aromatic rings. The minimum atomic E-state index is -0.231. The Bertz CT molecular complexity index is 401. The summed E-state index contributed by atoms with van der Waals surface area (Å²) in [6.45, 7) is 6.88. The molecule has 1 rings (SSSR count). The smallest absolute Gasteiger partial charge is 0.320 e. The molecule has 0 fully saturated rings. The molecule has 1 heterocycles. The van der Waals surface area contributed by atoms with Crippen molar-refractivity contribution in [3.8, 4) is 0 Å². The van der Waals surface area contributed by atoms with Crippen LogP contribution in [-0.4, -0.2) is 34.1 Å². The van der Waals surface area contributed by atoms with Gasteiger partial charge in [0.2, 0.25) is 0 Å². The zero-order valence-electron chi connectivity index (χ0n) is 11.3. The first-order valence-electron chi connectivity index (χ1n) is 6.29. The van der Waals surface area contributed by atoms with Gasteiger partial charge >= 0.3 is 6.03 Å². The number of aliphatic hydroxyl groups is 1. The number of urea groups is 1. The van der Waals surface area contributed by atoms with E-state index in [-0.39, 0.29) is 12.6 Å². The molecular formula is C12H22N4O2. The summed E-state index contributed by atoms with van der Waals surface area (Å²) in [4.78, 5) is 11.7. The van der Waals surface area contributed by atoms with E-state index < -0.39 is 0 Å². The van der Waals surface area contributed by atoms with Gasteiger partial charge in [-0.25, -0.2) is 9.48 Å². The molecule has 0 atom stereocenters. The Morgan fingerprint density at radius 1 is 1.44 bits per heavy atom. The van der Waals surface area contributed by atoms with E-state index in [1.54, 1.807) is 4.68 Å². The number of carbonyl (C=O) groups is 1. The number of nitrogens with one attached hydrogen (secondary N) is 2. The van der Waals surface area contributed by atoms with Gasteiger partial charge in [-0.1, -0.05) is 13.3 Å². The van der Waals surface area contributed by atoms with Crippen LogP contribution in [0.25, 0.3) is 0 Å². The van der Waals surface area contributed by atoms with Crippen molar-refractivity contribution in [3.63, 3.8) is 0 Å². The third-order valence-electron chi connectivity index (χ3n) is 2.79. The topological polar surface area (TPSA) is 79.2 Å². The highest BCUT2D eigenvalue weighted by atomic mass is 16.3. The second-order valence-electron chi connectivity index (χ2n) is 4.24. The predicted molar refractivity (Wildman–Crippen MR) is 70.7 cm³/mol. The number of rotatable bonds is 6. The molecule has 0 aromatic carbocycles. The Hall–Kier alpha value is -1.56. The minimum Gasteiger partial charge on any atom is -0.394 e. The average molecular weight is 254 g/mol. The number of aliphatic hydroxyl groups excluding tert-OH is 1. The number of carbonyl (C=O) groups excluding carboxylic acids is 1. The number of hydrogen-bond donors (Lipinski definition) is 3. The maximum absolute atomic E-state index is 11.7. The summed E-state index contributed by atoms with van der Waals surface area (Å²) in [6, 6.07) is -0.231. The van der Waals surface area contributed by atoms with Crippen LogP contribution in [0.2, 0.25) is 0 Å². The van der Waals surface area contributed by atoms with Crippen molar-refractivity contribution >= 4 is 11.8 Å². The summed E-state index contributed by atoms with van der Waals surface area (Å²) in [5.41, 5.74) is 1.78. The molecule has 102 valence electrons. The summed E-state index contributed by atoms with van der Waals surface area (Å²) in [7, 11) is 0. The van der Waals surface area contributed by atoms with E-state index in [2.05, 4.69) is 22.7 Å². The molecule has 0 unspecified atom stereocenters. The SMILES string of the molecule is CCCCNC(=O)Nc1c(C)c(C)nn1CCO. The molecule has 2 amide bonds. The first-order valence-corrected chi connectivity index (χ1v) is 6.29. The van der Waals surface area contributed by atoms with Gasteiger partial charge in [0.05, 0.1) is 18.8 Å². The third-order valence-corrected chi connectivity index (χ3v) is 2.79. The Balaban J connectivity index is 2.67. The van der Waals surface area contributed by atoms with Crippen LogP contribution in [0.1, 0.15) is 31.0 Å². The fourth-order valence-corrected chi connectivity index (χ4v) is 1.62. The van der Waals surface area contributed by atoms with Crippen molar-refractivity contribution < 1.29 is 9.90 Å². The summed E-state index contributed by atoms with van der Waals surface area (Å²) >= 11 is 0. The van der Waals surface area contributed by atoms with Gasteiger partial charge in [0.1, 0.15) is 5.82 Å². The Morgan fingerprint density at radius 2 is 2.17 bits per heavy atom. The number of nitrogens with zero attached hydrogens (tertiary/aromatic N) is 2. The van der Waals surface area contributed by atoms with E-state index in [4.69, 9.17) is 5.11 Å². The van der Waals surface area contributed by atoms with Crippen LogP contribution in [0.15, 0.2) is 0 Å². The van der Waals surface area contributed by atoms with E-state index in [1.165, 1.54) is 0 Å². The van der Waals surface area contributed by atoms with Crippen molar-refractivity contribution in [1.29, 1.82) is 0 Å². The number of anilines is 1. The van der Waals surface area contributed by atoms with Gasteiger partial charge in [0.15, 0.2) is 0 Å². The maximum Gasteiger partial charge on any atom is 0.320 e. The van der Waals surface area contributed by atoms with E-state index in [0.29, 0.717) is 18.9 Å².